The lowest BCUT2D eigenvalue weighted by Crippen LogP contribution is -2.10. The number of hydrogen-bond donors (Lipinski definition) is 2. The van der Waals surface area contributed by atoms with E-state index in [0.717, 1.165) is 0 Å². The zero-order chi connectivity index (χ0) is 13.2. The highest BCUT2D eigenvalue weighted by Crippen LogP contribution is 2.37. The van der Waals surface area contributed by atoms with Gasteiger partial charge in [0.15, 0.2) is 11.5 Å². The third kappa shape index (κ3) is 2.40. The SMILES string of the molecule is NNc1ncc(Br)c(Oc2ccc3c(c2)OCO3)n1. The molecule has 19 heavy (non-hydrogen) atoms. The van der Waals surface area contributed by atoms with Gasteiger partial charge in [0.2, 0.25) is 18.6 Å². The number of halogens is 1. The predicted octanol–water partition coefficient (Wildman–Crippen LogP) is 2.05. The molecule has 0 fully saturated rings. The molecule has 1 aromatic heterocycles. The molecule has 0 bridgehead atoms. The zero-order valence-electron chi connectivity index (χ0n) is 9.59. The van der Waals surface area contributed by atoms with Gasteiger partial charge in [-0.3, -0.25) is 5.43 Å². The van der Waals surface area contributed by atoms with Gasteiger partial charge in [-0.2, -0.15) is 4.98 Å². The number of ether oxygens (including phenoxy) is 3. The molecular formula is C11H9BrN4O3. The van der Waals surface area contributed by atoms with E-state index in [2.05, 4.69) is 31.3 Å². The Hall–Kier alpha value is -2.06. The van der Waals surface area contributed by atoms with E-state index in [1.165, 1.54) is 0 Å². The van der Waals surface area contributed by atoms with Crippen LogP contribution in [0.3, 0.4) is 0 Å². The standard InChI is InChI=1S/C11H9BrN4O3/c12-7-4-14-11(16-13)15-10(7)19-6-1-2-8-9(3-6)18-5-17-8/h1-4H,5,13H2,(H,14,15,16). The first-order valence-corrected chi connectivity index (χ1v) is 6.12. The number of benzene rings is 1. The van der Waals surface area contributed by atoms with Crippen LogP contribution < -0.4 is 25.5 Å². The number of hydrazine groups is 1. The number of hydrogen-bond acceptors (Lipinski definition) is 7. The topological polar surface area (TPSA) is 91.5 Å². The van der Waals surface area contributed by atoms with Gasteiger partial charge in [0.05, 0.1) is 10.7 Å². The number of nitrogens with zero attached hydrogens (tertiary/aromatic N) is 2. The van der Waals surface area contributed by atoms with E-state index < -0.39 is 0 Å². The summed E-state index contributed by atoms with van der Waals surface area (Å²) in [6.07, 6.45) is 1.55. The van der Waals surface area contributed by atoms with Gasteiger partial charge < -0.3 is 14.2 Å². The molecule has 7 nitrogen and oxygen atoms in total. The molecule has 0 unspecified atom stereocenters. The summed E-state index contributed by atoms with van der Waals surface area (Å²) >= 11 is 3.30. The van der Waals surface area contributed by atoms with Crippen molar-refractivity contribution >= 4 is 21.9 Å². The third-order valence-corrected chi connectivity index (χ3v) is 2.94. The largest absolute Gasteiger partial charge is 0.454 e. The molecular weight excluding hydrogens is 316 g/mol. The van der Waals surface area contributed by atoms with Crippen LogP contribution in [0.25, 0.3) is 0 Å². The van der Waals surface area contributed by atoms with Gasteiger partial charge in [-0.15, -0.1) is 0 Å². The molecule has 0 saturated heterocycles. The summed E-state index contributed by atoms with van der Waals surface area (Å²) in [6.45, 7) is 0.219. The second-order valence-electron chi connectivity index (χ2n) is 3.61. The lowest BCUT2D eigenvalue weighted by Gasteiger charge is -2.08. The minimum atomic E-state index is 0.219. The fourth-order valence-electron chi connectivity index (χ4n) is 1.54. The summed E-state index contributed by atoms with van der Waals surface area (Å²) in [5.41, 5.74) is 2.35. The first-order valence-electron chi connectivity index (χ1n) is 5.33. The molecule has 3 N–H and O–H groups in total. The molecule has 1 aromatic carbocycles. The third-order valence-electron chi connectivity index (χ3n) is 2.40. The van der Waals surface area contributed by atoms with Crippen molar-refractivity contribution in [2.45, 2.75) is 0 Å². The van der Waals surface area contributed by atoms with Crippen LogP contribution in [-0.4, -0.2) is 16.8 Å². The van der Waals surface area contributed by atoms with E-state index in [-0.39, 0.29) is 12.7 Å². The van der Waals surface area contributed by atoms with Gasteiger partial charge in [-0.25, -0.2) is 10.8 Å². The molecule has 0 radical (unpaired) electrons. The van der Waals surface area contributed by atoms with Crippen LogP contribution in [0.4, 0.5) is 5.95 Å². The number of nitrogens with two attached hydrogens (primary N) is 1. The number of rotatable bonds is 3. The van der Waals surface area contributed by atoms with Crippen molar-refractivity contribution in [3.8, 4) is 23.1 Å². The minimum absolute atomic E-state index is 0.219. The average molecular weight is 325 g/mol. The van der Waals surface area contributed by atoms with Gasteiger partial charge in [0, 0.05) is 6.07 Å². The van der Waals surface area contributed by atoms with Crippen LogP contribution in [-0.2, 0) is 0 Å². The highest BCUT2D eigenvalue weighted by Gasteiger charge is 2.15. The van der Waals surface area contributed by atoms with E-state index in [9.17, 15) is 0 Å². The van der Waals surface area contributed by atoms with Crippen molar-refractivity contribution in [2.24, 2.45) is 5.84 Å². The van der Waals surface area contributed by atoms with Crippen LogP contribution >= 0.6 is 15.9 Å². The minimum Gasteiger partial charge on any atom is -0.454 e. The lowest BCUT2D eigenvalue weighted by atomic mass is 10.3. The quantitative estimate of drug-likeness (QED) is 0.659. The molecule has 0 atom stereocenters. The number of nitrogens with one attached hydrogen (secondary N) is 1. The van der Waals surface area contributed by atoms with Crippen LogP contribution in [0.5, 0.6) is 23.1 Å². The molecule has 2 aromatic rings. The second-order valence-corrected chi connectivity index (χ2v) is 4.46. The molecule has 0 saturated carbocycles. The van der Waals surface area contributed by atoms with Gasteiger partial charge in [0.25, 0.3) is 0 Å². The Morgan fingerprint density at radius 3 is 3.00 bits per heavy atom. The molecule has 3 rings (SSSR count). The maximum atomic E-state index is 5.65. The summed E-state index contributed by atoms with van der Waals surface area (Å²) < 4.78 is 16.8. The highest BCUT2D eigenvalue weighted by molar-refractivity contribution is 9.10. The molecule has 0 aliphatic carbocycles. The van der Waals surface area contributed by atoms with Gasteiger partial charge in [0.1, 0.15) is 5.75 Å². The van der Waals surface area contributed by atoms with Crippen molar-refractivity contribution in [3.63, 3.8) is 0 Å². The summed E-state index contributed by atoms with van der Waals surface area (Å²) in [5.74, 6) is 7.77. The Bertz CT molecular complexity index is 623. The highest BCUT2D eigenvalue weighted by atomic mass is 79.9. The van der Waals surface area contributed by atoms with Crippen molar-refractivity contribution in [2.75, 3.05) is 12.2 Å². The van der Waals surface area contributed by atoms with Gasteiger partial charge in [-0.1, -0.05) is 0 Å². The van der Waals surface area contributed by atoms with E-state index >= 15 is 0 Å². The van der Waals surface area contributed by atoms with Crippen LogP contribution in [0, 0.1) is 0 Å². The lowest BCUT2D eigenvalue weighted by molar-refractivity contribution is 0.174. The first kappa shape index (κ1) is 12.0. The summed E-state index contributed by atoms with van der Waals surface area (Å²) in [6, 6.07) is 5.26. The maximum absolute atomic E-state index is 5.65. The first-order chi connectivity index (χ1) is 9.26. The Morgan fingerprint density at radius 1 is 1.32 bits per heavy atom. The fraction of sp³-hybridized carbons (Fsp3) is 0.0909. The monoisotopic (exact) mass is 324 g/mol. The molecule has 1 aliphatic heterocycles. The molecule has 1 aliphatic rings. The summed E-state index contributed by atoms with van der Waals surface area (Å²) in [4.78, 5) is 8.03. The summed E-state index contributed by atoms with van der Waals surface area (Å²) in [7, 11) is 0. The Labute approximate surface area is 116 Å². The van der Waals surface area contributed by atoms with Crippen molar-refractivity contribution in [1.82, 2.24) is 9.97 Å². The van der Waals surface area contributed by atoms with Crippen molar-refractivity contribution in [3.05, 3.63) is 28.9 Å². The Kier molecular flexibility index (Phi) is 3.10. The van der Waals surface area contributed by atoms with E-state index in [0.29, 0.717) is 27.6 Å². The maximum Gasteiger partial charge on any atom is 0.240 e. The van der Waals surface area contributed by atoms with E-state index in [1.807, 2.05) is 0 Å². The van der Waals surface area contributed by atoms with E-state index in [1.54, 1.807) is 24.4 Å². The number of anilines is 1. The molecule has 0 spiro atoms. The Balaban J connectivity index is 1.88. The van der Waals surface area contributed by atoms with E-state index in [4.69, 9.17) is 20.1 Å². The zero-order valence-corrected chi connectivity index (χ0v) is 11.2. The number of nitrogen functional groups attached to an aromatic ring is 1. The predicted molar refractivity (Wildman–Crippen MR) is 70.2 cm³/mol. The van der Waals surface area contributed by atoms with Crippen LogP contribution in [0.15, 0.2) is 28.9 Å². The van der Waals surface area contributed by atoms with Crippen LogP contribution in [0.2, 0.25) is 0 Å². The normalized spacial score (nSPS) is 12.3. The van der Waals surface area contributed by atoms with Crippen LogP contribution in [0.1, 0.15) is 0 Å². The second kappa shape index (κ2) is 4.90. The van der Waals surface area contributed by atoms with Crippen molar-refractivity contribution in [1.29, 1.82) is 0 Å². The molecule has 0 amide bonds. The molecule has 2 heterocycles. The smallest absolute Gasteiger partial charge is 0.240 e. The average Bonchev–Trinajstić information content (AvgIpc) is 2.89. The number of fused-ring (bicyclic) bond motifs is 1. The summed E-state index contributed by atoms with van der Waals surface area (Å²) in [5, 5.41) is 0. The van der Waals surface area contributed by atoms with Gasteiger partial charge in [-0.05, 0) is 28.1 Å². The Morgan fingerprint density at radius 2 is 2.16 bits per heavy atom. The molecule has 8 heteroatoms. The van der Waals surface area contributed by atoms with Gasteiger partial charge >= 0.3 is 0 Å². The van der Waals surface area contributed by atoms with Crippen molar-refractivity contribution < 1.29 is 14.2 Å². The number of aromatic nitrogens is 2. The molecule has 98 valence electrons. The fourth-order valence-corrected chi connectivity index (χ4v) is 1.82.